The maximum atomic E-state index is 11.4. The van der Waals surface area contributed by atoms with E-state index in [9.17, 15) is 4.79 Å². The fourth-order valence-corrected chi connectivity index (χ4v) is 2.29. The van der Waals surface area contributed by atoms with Crippen LogP contribution in [0.25, 0.3) is 0 Å². The highest BCUT2D eigenvalue weighted by Crippen LogP contribution is 2.21. The van der Waals surface area contributed by atoms with Crippen LogP contribution < -0.4 is 10.6 Å². The van der Waals surface area contributed by atoms with Gasteiger partial charge in [-0.2, -0.15) is 0 Å². The van der Waals surface area contributed by atoms with Crippen LogP contribution in [0.1, 0.15) is 12.0 Å². The van der Waals surface area contributed by atoms with Crippen molar-refractivity contribution in [3.63, 3.8) is 0 Å². The molecular formula is C13H18BrClN2O2. The zero-order chi connectivity index (χ0) is 14.1. The molecule has 0 saturated carbocycles. The Balaban J connectivity index is 2.18. The molecule has 6 heteroatoms. The molecule has 0 unspecified atom stereocenters. The van der Waals surface area contributed by atoms with Crippen molar-refractivity contribution < 1.29 is 9.53 Å². The SMILES string of the molecule is COCCNC(=O)CCNCc1ccc(Cl)cc1Br. The highest BCUT2D eigenvalue weighted by atomic mass is 79.9. The number of amides is 1. The van der Waals surface area contributed by atoms with Crippen LogP contribution in [0.3, 0.4) is 0 Å². The average Bonchev–Trinajstić information content (AvgIpc) is 2.37. The first-order valence-corrected chi connectivity index (χ1v) is 7.21. The molecule has 0 aliphatic heterocycles. The Kier molecular flexibility index (Phi) is 8.05. The zero-order valence-corrected chi connectivity index (χ0v) is 13.2. The number of ether oxygens (including phenoxy) is 1. The Labute approximate surface area is 127 Å². The molecule has 2 N–H and O–H groups in total. The molecule has 0 fully saturated rings. The van der Waals surface area contributed by atoms with Crippen LogP contribution in [0.5, 0.6) is 0 Å². The van der Waals surface area contributed by atoms with Gasteiger partial charge in [0.1, 0.15) is 0 Å². The lowest BCUT2D eigenvalue weighted by molar-refractivity contribution is -0.121. The summed E-state index contributed by atoms with van der Waals surface area (Å²) in [7, 11) is 1.61. The molecule has 0 bridgehead atoms. The fraction of sp³-hybridized carbons (Fsp3) is 0.462. The minimum atomic E-state index is 0.0275. The molecule has 0 saturated heterocycles. The second kappa shape index (κ2) is 9.31. The molecule has 106 valence electrons. The molecule has 1 aromatic rings. The van der Waals surface area contributed by atoms with Crippen molar-refractivity contribution in [3.8, 4) is 0 Å². The van der Waals surface area contributed by atoms with E-state index >= 15 is 0 Å². The topological polar surface area (TPSA) is 50.4 Å². The first-order valence-electron chi connectivity index (χ1n) is 6.03. The van der Waals surface area contributed by atoms with Crippen molar-refractivity contribution in [1.29, 1.82) is 0 Å². The van der Waals surface area contributed by atoms with Crippen LogP contribution in [0.2, 0.25) is 5.02 Å². The van der Waals surface area contributed by atoms with Crippen LogP contribution in [-0.4, -0.2) is 32.7 Å². The lowest BCUT2D eigenvalue weighted by atomic mass is 10.2. The summed E-state index contributed by atoms with van der Waals surface area (Å²) in [6, 6.07) is 5.66. The Bertz CT molecular complexity index is 416. The van der Waals surface area contributed by atoms with E-state index < -0.39 is 0 Å². The maximum absolute atomic E-state index is 11.4. The summed E-state index contributed by atoms with van der Waals surface area (Å²) >= 11 is 9.32. The van der Waals surface area contributed by atoms with Crippen LogP contribution in [0.15, 0.2) is 22.7 Å². The lowest BCUT2D eigenvalue weighted by Crippen LogP contribution is -2.29. The number of carbonyl (C=O) groups excluding carboxylic acids is 1. The van der Waals surface area contributed by atoms with Gasteiger partial charge < -0.3 is 15.4 Å². The minimum absolute atomic E-state index is 0.0275. The number of nitrogens with one attached hydrogen (secondary N) is 2. The van der Waals surface area contributed by atoms with E-state index in [0.29, 0.717) is 37.7 Å². The van der Waals surface area contributed by atoms with Gasteiger partial charge in [-0.1, -0.05) is 33.6 Å². The van der Waals surface area contributed by atoms with Gasteiger partial charge >= 0.3 is 0 Å². The van der Waals surface area contributed by atoms with E-state index in [0.717, 1.165) is 10.0 Å². The molecule has 0 spiro atoms. The van der Waals surface area contributed by atoms with E-state index in [1.165, 1.54) is 0 Å². The smallest absolute Gasteiger partial charge is 0.221 e. The molecule has 1 amide bonds. The van der Waals surface area contributed by atoms with Gasteiger partial charge in [0.15, 0.2) is 0 Å². The van der Waals surface area contributed by atoms with Crippen molar-refractivity contribution in [2.24, 2.45) is 0 Å². The number of halogens is 2. The van der Waals surface area contributed by atoms with Crippen molar-refractivity contribution >= 4 is 33.4 Å². The number of rotatable bonds is 8. The molecule has 0 aromatic heterocycles. The van der Waals surface area contributed by atoms with Crippen molar-refractivity contribution in [1.82, 2.24) is 10.6 Å². The second-order valence-electron chi connectivity index (χ2n) is 4.01. The maximum Gasteiger partial charge on any atom is 0.221 e. The van der Waals surface area contributed by atoms with E-state index in [1.54, 1.807) is 7.11 Å². The summed E-state index contributed by atoms with van der Waals surface area (Å²) in [6.45, 7) is 2.42. The minimum Gasteiger partial charge on any atom is -0.383 e. The summed E-state index contributed by atoms with van der Waals surface area (Å²) < 4.78 is 5.82. The Hall–Kier alpha value is -0.620. The molecule has 1 aromatic carbocycles. The van der Waals surface area contributed by atoms with E-state index in [-0.39, 0.29) is 5.91 Å². The Morgan fingerprint density at radius 3 is 2.89 bits per heavy atom. The van der Waals surface area contributed by atoms with Gasteiger partial charge in [0.2, 0.25) is 5.91 Å². The first-order chi connectivity index (χ1) is 9.13. The first kappa shape index (κ1) is 16.4. The van der Waals surface area contributed by atoms with Gasteiger partial charge in [0.05, 0.1) is 6.61 Å². The molecule has 0 aliphatic carbocycles. The van der Waals surface area contributed by atoms with Crippen molar-refractivity contribution in [2.45, 2.75) is 13.0 Å². The van der Waals surface area contributed by atoms with Gasteiger partial charge in [-0.25, -0.2) is 0 Å². The number of hydrogen-bond acceptors (Lipinski definition) is 3. The molecular weight excluding hydrogens is 332 g/mol. The summed E-state index contributed by atoms with van der Waals surface area (Å²) in [5.74, 6) is 0.0275. The average molecular weight is 350 g/mol. The molecule has 0 heterocycles. The standard InChI is InChI=1S/C13H18BrClN2O2/c1-19-7-6-17-13(18)4-5-16-9-10-2-3-11(15)8-12(10)14/h2-3,8,16H,4-7,9H2,1H3,(H,17,18). The molecule has 0 radical (unpaired) electrons. The number of methoxy groups -OCH3 is 1. The van der Waals surface area contributed by atoms with Crippen LogP contribution in [-0.2, 0) is 16.1 Å². The fourth-order valence-electron chi connectivity index (χ4n) is 1.47. The van der Waals surface area contributed by atoms with Gasteiger partial charge in [0.25, 0.3) is 0 Å². The third-order valence-electron chi connectivity index (χ3n) is 2.49. The molecule has 4 nitrogen and oxygen atoms in total. The van der Waals surface area contributed by atoms with E-state index in [2.05, 4.69) is 26.6 Å². The summed E-state index contributed by atoms with van der Waals surface area (Å²) in [6.07, 6.45) is 0.453. The quantitative estimate of drug-likeness (QED) is 0.708. The van der Waals surface area contributed by atoms with E-state index in [4.69, 9.17) is 16.3 Å². The summed E-state index contributed by atoms with van der Waals surface area (Å²) in [5.41, 5.74) is 1.11. The van der Waals surface area contributed by atoms with Crippen molar-refractivity contribution in [3.05, 3.63) is 33.3 Å². The van der Waals surface area contributed by atoms with Gasteiger partial charge in [0, 0.05) is 42.7 Å². The summed E-state index contributed by atoms with van der Waals surface area (Å²) in [5, 5.41) is 6.69. The number of hydrogen-bond donors (Lipinski definition) is 2. The lowest BCUT2D eigenvalue weighted by Gasteiger charge is -2.08. The third-order valence-corrected chi connectivity index (χ3v) is 3.46. The zero-order valence-electron chi connectivity index (χ0n) is 10.8. The number of carbonyl (C=O) groups is 1. The predicted octanol–water partition coefficient (Wildman–Crippen LogP) is 2.34. The van der Waals surface area contributed by atoms with Crippen LogP contribution in [0, 0.1) is 0 Å². The van der Waals surface area contributed by atoms with Gasteiger partial charge in [-0.15, -0.1) is 0 Å². The molecule has 0 aliphatic rings. The predicted molar refractivity (Wildman–Crippen MR) is 80.4 cm³/mol. The highest BCUT2D eigenvalue weighted by molar-refractivity contribution is 9.10. The Morgan fingerprint density at radius 2 is 2.21 bits per heavy atom. The highest BCUT2D eigenvalue weighted by Gasteiger charge is 2.02. The van der Waals surface area contributed by atoms with Crippen molar-refractivity contribution in [2.75, 3.05) is 26.8 Å². The molecule has 1 rings (SSSR count). The monoisotopic (exact) mass is 348 g/mol. The van der Waals surface area contributed by atoms with Gasteiger partial charge in [-0.3, -0.25) is 4.79 Å². The van der Waals surface area contributed by atoms with Crippen LogP contribution >= 0.6 is 27.5 Å². The molecule has 19 heavy (non-hydrogen) atoms. The van der Waals surface area contributed by atoms with Gasteiger partial charge in [-0.05, 0) is 17.7 Å². The molecule has 0 atom stereocenters. The Morgan fingerprint density at radius 1 is 1.42 bits per heavy atom. The number of benzene rings is 1. The van der Waals surface area contributed by atoms with Crippen LogP contribution in [0.4, 0.5) is 0 Å². The normalized spacial score (nSPS) is 10.5. The second-order valence-corrected chi connectivity index (χ2v) is 5.30. The van der Waals surface area contributed by atoms with E-state index in [1.807, 2.05) is 18.2 Å². The summed E-state index contributed by atoms with van der Waals surface area (Å²) in [4.78, 5) is 11.4. The third kappa shape index (κ3) is 6.92. The largest absolute Gasteiger partial charge is 0.383 e.